The molecule has 82 valence electrons. The first-order valence-corrected chi connectivity index (χ1v) is 5.27. The van der Waals surface area contributed by atoms with Gasteiger partial charge in [-0.15, -0.1) is 0 Å². The third kappa shape index (κ3) is 2.85. The Morgan fingerprint density at radius 3 is 2.33 bits per heavy atom. The molecule has 0 aliphatic rings. The Bertz CT molecular complexity index is 372. The van der Waals surface area contributed by atoms with Gasteiger partial charge in [-0.25, -0.2) is 9.97 Å². The summed E-state index contributed by atoms with van der Waals surface area (Å²) in [6.45, 7) is 9.52. The maximum absolute atomic E-state index is 11.3. The fraction of sp³-hybridized carbons (Fsp3) is 0.583. The molecule has 0 spiro atoms. The smallest absolute Gasteiger partial charge is 0.138 e. The quantitative estimate of drug-likeness (QED) is 0.763. The minimum absolute atomic E-state index is 0.135. The zero-order valence-corrected chi connectivity index (χ0v) is 10.0. The molecule has 0 radical (unpaired) electrons. The van der Waals surface area contributed by atoms with Gasteiger partial charge < -0.3 is 0 Å². The largest absolute Gasteiger partial charge is 0.299 e. The number of rotatable bonds is 3. The van der Waals surface area contributed by atoms with Crippen molar-refractivity contribution in [2.75, 3.05) is 0 Å². The van der Waals surface area contributed by atoms with Crippen molar-refractivity contribution in [3.05, 3.63) is 23.3 Å². The summed E-state index contributed by atoms with van der Waals surface area (Å²) in [4.78, 5) is 20.1. The summed E-state index contributed by atoms with van der Waals surface area (Å²) < 4.78 is 0. The molecule has 0 bridgehead atoms. The van der Waals surface area contributed by atoms with Crippen LogP contribution >= 0.6 is 0 Å². The summed E-state index contributed by atoms with van der Waals surface area (Å²) in [5, 5.41) is 0. The number of aryl methyl sites for hydroxylation is 1. The molecule has 1 aromatic rings. The minimum atomic E-state index is -0.135. The third-order valence-corrected chi connectivity index (χ3v) is 2.46. The van der Waals surface area contributed by atoms with Gasteiger partial charge in [0.1, 0.15) is 11.6 Å². The standard InChI is InChI=1S/C12H18N2O/c1-7(2)12-13-8(3)6-11(14-12)9(4)10(5)15/h6-7,9H,1-5H3. The SMILES string of the molecule is CC(=O)C(C)c1cc(C)nc(C(C)C)n1. The molecule has 3 nitrogen and oxygen atoms in total. The summed E-state index contributed by atoms with van der Waals surface area (Å²) in [6.07, 6.45) is 0. The molecule has 0 amide bonds. The molecule has 1 heterocycles. The van der Waals surface area contributed by atoms with Gasteiger partial charge in [0.15, 0.2) is 0 Å². The van der Waals surface area contributed by atoms with Gasteiger partial charge in [0.25, 0.3) is 0 Å². The van der Waals surface area contributed by atoms with Crippen molar-refractivity contribution in [2.24, 2.45) is 0 Å². The summed E-state index contributed by atoms with van der Waals surface area (Å²) in [6, 6.07) is 1.89. The first kappa shape index (κ1) is 11.8. The number of carbonyl (C=O) groups excluding carboxylic acids is 1. The highest BCUT2D eigenvalue weighted by molar-refractivity contribution is 5.82. The van der Waals surface area contributed by atoms with E-state index < -0.39 is 0 Å². The Hall–Kier alpha value is -1.25. The van der Waals surface area contributed by atoms with Crippen LogP contribution < -0.4 is 0 Å². The molecule has 15 heavy (non-hydrogen) atoms. The molecule has 0 aliphatic heterocycles. The van der Waals surface area contributed by atoms with Crippen LogP contribution in [0.15, 0.2) is 6.07 Å². The lowest BCUT2D eigenvalue weighted by Gasteiger charge is -2.11. The molecule has 0 saturated heterocycles. The number of ketones is 1. The summed E-state index contributed by atoms with van der Waals surface area (Å²) in [7, 11) is 0. The predicted molar refractivity (Wildman–Crippen MR) is 60.0 cm³/mol. The predicted octanol–water partition coefficient (Wildman–Crippen LogP) is 2.60. The zero-order valence-electron chi connectivity index (χ0n) is 10.0. The van der Waals surface area contributed by atoms with Crippen LogP contribution in [0, 0.1) is 6.92 Å². The second kappa shape index (κ2) is 4.51. The number of carbonyl (C=O) groups is 1. The molecule has 1 atom stereocenters. The van der Waals surface area contributed by atoms with Crippen molar-refractivity contribution in [1.82, 2.24) is 9.97 Å². The van der Waals surface area contributed by atoms with Crippen LogP contribution in [-0.2, 0) is 4.79 Å². The van der Waals surface area contributed by atoms with Gasteiger partial charge in [-0.3, -0.25) is 4.79 Å². The number of Topliss-reactive ketones (excluding diaryl/α,β-unsaturated/α-hetero) is 1. The van der Waals surface area contributed by atoms with Crippen molar-refractivity contribution in [3.8, 4) is 0 Å². The monoisotopic (exact) mass is 206 g/mol. The summed E-state index contributed by atoms with van der Waals surface area (Å²) >= 11 is 0. The molecule has 1 aromatic heterocycles. The highest BCUT2D eigenvalue weighted by atomic mass is 16.1. The maximum Gasteiger partial charge on any atom is 0.138 e. The number of hydrogen-bond acceptors (Lipinski definition) is 3. The Morgan fingerprint density at radius 1 is 1.27 bits per heavy atom. The molecule has 0 N–H and O–H groups in total. The number of aromatic nitrogens is 2. The van der Waals surface area contributed by atoms with Crippen molar-refractivity contribution in [3.63, 3.8) is 0 Å². The summed E-state index contributed by atoms with van der Waals surface area (Å²) in [5.41, 5.74) is 1.76. The van der Waals surface area contributed by atoms with E-state index >= 15 is 0 Å². The fourth-order valence-corrected chi connectivity index (χ4v) is 1.30. The Morgan fingerprint density at radius 2 is 1.87 bits per heavy atom. The van der Waals surface area contributed by atoms with E-state index in [1.165, 1.54) is 0 Å². The van der Waals surface area contributed by atoms with E-state index in [4.69, 9.17) is 0 Å². The molecule has 0 fully saturated rings. The average molecular weight is 206 g/mol. The van der Waals surface area contributed by atoms with E-state index in [1.54, 1.807) is 6.92 Å². The molecular weight excluding hydrogens is 188 g/mol. The lowest BCUT2D eigenvalue weighted by molar-refractivity contribution is -0.118. The lowest BCUT2D eigenvalue weighted by Crippen LogP contribution is -2.10. The second-order valence-electron chi connectivity index (χ2n) is 4.28. The van der Waals surface area contributed by atoms with E-state index in [1.807, 2.05) is 19.9 Å². The van der Waals surface area contributed by atoms with Crippen LogP contribution in [0.25, 0.3) is 0 Å². The van der Waals surface area contributed by atoms with Gasteiger partial charge in [-0.05, 0) is 26.8 Å². The maximum atomic E-state index is 11.3. The second-order valence-corrected chi connectivity index (χ2v) is 4.28. The number of nitrogens with zero attached hydrogens (tertiary/aromatic N) is 2. The van der Waals surface area contributed by atoms with Crippen molar-refractivity contribution < 1.29 is 4.79 Å². The minimum Gasteiger partial charge on any atom is -0.299 e. The van der Waals surface area contributed by atoms with Crippen LogP contribution in [0.1, 0.15) is 56.7 Å². The van der Waals surface area contributed by atoms with Crippen LogP contribution in [0.5, 0.6) is 0 Å². The Kier molecular flexibility index (Phi) is 3.56. The van der Waals surface area contributed by atoms with E-state index in [0.29, 0.717) is 5.92 Å². The van der Waals surface area contributed by atoms with Gasteiger partial charge in [-0.2, -0.15) is 0 Å². The van der Waals surface area contributed by atoms with E-state index in [0.717, 1.165) is 17.2 Å². The topological polar surface area (TPSA) is 42.9 Å². The van der Waals surface area contributed by atoms with Gasteiger partial charge in [0, 0.05) is 11.6 Å². The van der Waals surface area contributed by atoms with Gasteiger partial charge in [0.05, 0.1) is 11.6 Å². The van der Waals surface area contributed by atoms with Crippen molar-refractivity contribution >= 4 is 5.78 Å². The van der Waals surface area contributed by atoms with Crippen molar-refractivity contribution in [2.45, 2.75) is 46.5 Å². The molecular formula is C12H18N2O. The first-order valence-electron chi connectivity index (χ1n) is 5.27. The highest BCUT2D eigenvalue weighted by Crippen LogP contribution is 2.17. The number of hydrogen-bond donors (Lipinski definition) is 0. The molecule has 1 unspecified atom stereocenters. The zero-order chi connectivity index (χ0) is 11.6. The molecule has 3 heteroatoms. The van der Waals surface area contributed by atoms with E-state index in [2.05, 4.69) is 23.8 Å². The molecule has 0 aliphatic carbocycles. The molecule has 0 aromatic carbocycles. The lowest BCUT2D eigenvalue weighted by atomic mass is 10.0. The third-order valence-electron chi connectivity index (χ3n) is 2.46. The highest BCUT2D eigenvalue weighted by Gasteiger charge is 2.14. The van der Waals surface area contributed by atoms with Crippen LogP contribution in [0.2, 0.25) is 0 Å². The molecule has 0 saturated carbocycles. The van der Waals surface area contributed by atoms with E-state index in [9.17, 15) is 4.79 Å². The van der Waals surface area contributed by atoms with Crippen LogP contribution in [0.3, 0.4) is 0 Å². The summed E-state index contributed by atoms with van der Waals surface area (Å²) in [5.74, 6) is 1.12. The van der Waals surface area contributed by atoms with E-state index in [-0.39, 0.29) is 11.7 Å². The van der Waals surface area contributed by atoms with Crippen molar-refractivity contribution in [1.29, 1.82) is 0 Å². The average Bonchev–Trinajstić information content (AvgIpc) is 2.15. The fourth-order valence-electron chi connectivity index (χ4n) is 1.30. The first-order chi connectivity index (χ1) is 6.91. The van der Waals surface area contributed by atoms with Gasteiger partial charge in [0.2, 0.25) is 0 Å². The Labute approximate surface area is 91.0 Å². The Balaban J connectivity index is 3.14. The van der Waals surface area contributed by atoms with Gasteiger partial charge in [-0.1, -0.05) is 13.8 Å². The van der Waals surface area contributed by atoms with Gasteiger partial charge >= 0.3 is 0 Å². The normalized spacial score (nSPS) is 12.9. The van der Waals surface area contributed by atoms with Crippen LogP contribution in [-0.4, -0.2) is 15.8 Å². The van der Waals surface area contributed by atoms with Crippen LogP contribution in [0.4, 0.5) is 0 Å². The molecule has 1 rings (SSSR count).